The minimum absolute atomic E-state index is 0.0569. The van der Waals surface area contributed by atoms with Gasteiger partial charge < -0.3 is 14.8 Å². The van der Waals surface area contributed by atoms with E-state index < -0.39 is 0 Å². The van der Waals surface area contributed by atoms with Crippen LogP contribution in [0.3, 0.4) is 0 Å². The zero-order valence-corrected chi connectivity index (χ0v) is 17.0. The maximum absolute atomic E-state index is 12.6. The molecule has 0 unspecified atom stereocenters. The van der Waals surface area contributed by atoms with Gasteiger partial charge in [-0.05, 0) is 42.6 Å². The Labute approximate surface area is 174 Å². The molecule has 3 aromatic rings. The predicted octanol–water partition coefficient (Wildman–Crippen LogP) is 3.66. The first-order valence-electron chi connectivity index (χ1n) is 9.66. The number of hydrogen-bond acceptors (Lipinski definition) is 2. The van der Waals surface area contributed by atoms with Crippen LogP contribution in [0.1, 0.15) is 5.69 Å². The Bertz CT molecular complexity index is 1060. The first-order chi connectivity index (χ1) is 14.0. The fourth-order valence-electron chi connectivity index (χ4n) is 3.79. The van der Waals surface area contributed by atoms with Crippen LogP contribution in [0, 0.1) is 6.92 Å². The summed E-state index contributed by atoms with van der Waals surface area (Å²) in [6.07, 6.45) is 0. The lowest BCUT2D eigenvalue weighted by molar-refractivity contribution is -0.121. The number of anilines is 1. The Morgan fingerprint density at radius 3 is 2.76 bits per heavy atom. The van der Waals surface area contributed by atoms with E-state index in [1.807, 2.05) is 24.3 Å². The maximum atomic E-state index is 12.6. The SMILES string of the molecule is Cc1cc2ccccc2n1CCNC(=O)CN1CCN(c2cccc(Cl)c2)C1=O. The number of rotatable bonds is 6. The molecule has 1 aliphatic heterocycles. The minimum atomic E-state index is -0.172. The monoisotopic (exact) mass is 410 g/mol. The predicted molar refractivity (Wildman–Crippen MR) is 115 cm³/mol. The molecule has 150 valence electrons. The third kappa shape index (κ3) is 4.07. The van der Waals surface area contributed by atoms with Gasteiger partial charge in [-0.1, -0.05) is 35.9 Å². The number of nitrogens with one attached hydrogen (secondary N) is 1. The summed E-state index contributed by atoms with van der Waals surface area (Å²) >= 11 is 6.02. The summed E-state index contributed by atoms with van der Waals surface area (Å²) in [5.41, 5.74) is 3.07. The quantitative estimate of drug-likeness (QED) is 0.674. The number of carbonyl (C=O) groups excluding carboxylic acids is 2. The third-order valence-electron chi connectivity index (χ3n) is 5.22. The molecule has 0 saturated carbocycles. The molecule has 1 saturated heterocycles. The number of fused-ring (bicyclic) bond motifs is 1. The average molecular weight is 411 g/mol. The number of aryl methyl sites for hydroxylation is 1. The zero-order valence-electron chi connectivity index (χ0n) is 16.3. The number of urea groups is 1. The van der Waals surface area contributed by atoms with E-state index in [-0.39, 0.29) is 18.5 Å². The number of amides is 3. The topological polar surface area (TPSA) is 57.6 Å². The molecule has 1 aromatic heterocycles. The lowest BCUT2D eigenvalue weighted by Crippen LogP contribution is -2.40. The van der Waals surface area contributed by atoms with Crippen LogP contribution in [0.2, 0.25) is 5.02 Å². The molecule has 2 aromatic carbocycles. The standard InChI is InChI=1S/C22H23ClN4O2/c1-16-13-17-5-2-3-8-20(17)26(16)10-9-24-21(28)15-25-11-12-27(22(25)29)19-7-4-6-18(23)14-19/h2-8,13-14H,9-12,15H2,1H3,(H,24,28). The normalized spacial score (nSPS) is 14.1. The summed E-state index contributed by atoms with van der Waals surface area (Å²) in [6, 6.07) is 17.4. The highest BCUT2D eigenvalue weighted by molar-refractivity contribution is 6.30. The van der Waals surface area contributed by atoms with Crippen molar-refractivity contribution in [3.63, 3.8) is 0 Å². The Hall–Kier alpha value is -2.99. The molecule has 0 spiro atoms. The second-order valence-electron chi connectivity index (χ2n) is 7.18. The van der Waals surface area contributed by atoms with Gasteiger partial charge in [-0.2, -0.15) is 0 Å². The van der Waals surface area contributed by atoms with Crippen molar-refractivity contribution in [2.45, 2.75) is 13.5 Å². The molecule has 6 nitrogen and oxygen atoms in total. The van der Waals surface area contributed by atoms with Crippen LogP contribution in [0.15, 0.2) is 54.6 Å². The van der Waals surface area contributed by atoms with Crippen molar-refractivity contribution >= 4 is 40.1 Å². The Kier molecular flexibility index (Phi) is 5.45. The summed E-state index contributed by atoms with van der Waals surface area (Å²) in [7, 11) is 0. The van der Waals surface area contributed by atoms with Gasteiger partial charge in [0.1, 0.15) is 6.54 Å². The van der Waals surface area contributed by atoms with Crippen LogP contribution in [0.4, 0.5) is 10.5 Å². The average Bonchev–Trinajstić information content (AvgIpc) is 3.22. The van der Waals surface area contributed by atoms with Crippen molar-refractivity contribution in [2.75, 3.05) is 31.1 Å². The number of halogens is 1. The molecule has 0 radical (unpaired) electrons. The molecular formula is C22H23ClN4O2. The van der Waals surface area contributed by atoms with E-state index in [0.29, 0.717) is 31.2 Å². The smallest absolute Gasteiger partial charge is 0.325 e. The van der Waals surface area contributed by atoms with Crippen molar-refractivity contribution in [1.29, 1.82) is 0 Å². The summed E-state index contributed by atoms with van der Waals surface area (Å²) in [5.74, 6) is -0.152. The maximum Gasteiger partial charge on any atom is 0.325 e. The van der Waals surface area contributed by atoms with Crippen LogP contribution in [0.25, 0.3) is 10.9 Å². The molecule has 4 rings (SSSR count). The Morgan fingerprint density at radius 1 is 1.10 bits per heavy atom. The Morgan fingerprint density at radius 2 is 1.93 bits per heavy atom. The van der Waals surface area contributed by atoms with Crippen LogP contribution >= 0.6 is 11.6 Å². The number of hydrogen-bond donors (Lipinski definition) is 1. The van der Waals surface area contributed by atoms with E-state index in [2.05, 4.69) is 35.0 Å². The molecule has 2 heterocycles. The molecule has 0 aliphatic carbocycles. The zero-order chi connectivity index (χ0) is 20.4. The largest absolute Gasteiger partial charge is 0.353 e. The second kappa shape index (κ2) is 8.17. The van der Waals surface area contributed by atoms with Gasteiger partial charge in [0.05, 0.1) is 0 Å². The lowest BCUT2D eigenvalue weighted by atomic mass is 10.2. The molecule has 29 heavy (non-hydrogen) atoms. The molecule has 7 heteroatoms. The van der Waals surface area contributed by atoms with Gasteiger partial charge in [0.15, 0.2) is 0 Å². The van der Waals surface area contributed by atoms with Crippen LogP contribution in [-0.4, -0.2) is 47.6 Å². The van der Waals surface area contributed by atoms with Gasteiger partial charge in [-0.25, -0.2) is 4.79 Å². The fraction of sp³-hybridized carbons (Fsp3) is 0.273. The van der Waals surface area contributed by atoms with Gasteiger partial charge in [-0.15, -0.1) is 0 Å². The van der Waals surface area contributed by atoms with Gasteiger partial charge in [0.2, 0.25) is 5.91 Å². The summed E-state index contributed by atoms with van der Waals surface area (Å²) in [6.45, 7) is 4.38. The van der Waals surface area contributed by atoms with E-state index in [9.17, 15) is 9.59 Å². The molecule has 1 fully saturated rings. The van der Waals surface area contributed by atoms with Crippen molar-refractivity contribution in [3.05, 3.63) is 65.3 Å². The number of para-hydroxylation sites is 1. The van der Waals surface area contributed by atoms with Crippen molar-refractivity contribution in [2.24, 2.45) is 0 Å². The number of carbonyl (C=O) groups is 2. The van der Waals surface area contributed by atoms with Crippen molar-refractivity contribution in [3.8, 4) is 0 Å². The molecule has 1 aliphatic rings. The van der Waals surface area contributed by atoms with E-state index >= 15 is 0 Å². The molecule has 0 atom stereocenters. The highest BCUT2D eigenvalue weighted by Gasteiger charge is 2.30. The molecule has 0 bridgehead atoms. The minimum Gasteiger partial charge on any atom is -0.353 e. The summed E-state index contributed by atoms with van der Waals surface area (Å²) in [4.78, 5) is 28.2. The van der Waals surface area contributed by atoms with E-state index in [1.54, 1.807) is 21.9 Å². The highest BCUT2D eigenvalue weighted by Crippen LogP contribution is 2.23. The number of nitrogens with zero attached hydrogens (tertiary/aromatic N) is 3. The van der Waals surface area contributed by atoms with Crippen LogP contribution < -0.4 is 10.2 Å². The van der Waals surface area contributed by atoms with E-state index in [0.717, 1.165) is 16.9 Å². The van der Waals surface area contributed by atoms with E-state index in [1.165, 1.54) is 5.39 Å². The summed E-state index contributed by atoms with van der Waals surface area (Å²) < 4.78 is 2.19. The summed E-state index contributed by atoms with van der Waals surface area (Å²) in [5, 5.41) is 4.71. The Balaban J connectivity index is 1.31. The third-order valence-corrected chi connectivity index (χ3v) is 5.46. The van der Waals surface area contributed by atoms with Gasteiger partial charge >= 0.3 is 6.03 Å². The molecule has 3 amide bonds. The highest BCUT2D eigenvalue weighted by atomic mass is 35.5. The molecule has 1 N–H and O–H groups in total. The first kappa shape index (κ1) is 19.3. The number of aromatic nitrogens is 1. The van der Waals surface area contributed by atoms with Crippen LogP contribution in [0.5, 0.6) is 0 Å². The second-order valence-corrected chi connectivity index (χ2v) is 7.62. The molecular weight excluding hydrogens is 388 g/mol. The van der Waals surface area contributed by atoms with E-state index in [4.69, 9.17) is 11.6 Å². The van der Waals surface area contributed by atoms with Gasteiger partial charge in [0.25, 0.3) is 0 Å². The fourth-order valence-corrected chi connectivity index (χ4v) is 3.98. The van der Waals surface area contributed by atoms with Crippen molar-refractivity contribution < 1.29 is 9.59 Å². The lowest BCUT2D eigenvalue weighted by Gasteiger charge is -2.18. The van der Waals surface area contributed by atoms with Gasteiger partial charge in [0, 0.05) is 48.1 Å². The van der Waals surface area contributed by atoms with Crippen molar-refractivity contribution in [1.82, 2.24) is 14.8 Å². The van der Waals surface area contributed by atoms with Gasteiger partial charge in [-0.3, -0.25) is 9.69 Å². The first-order valence-corrected chi connectivity index (χ1v) is 10.0. The van der Waals surface area contributed by atoms with Crippen LogP contribution in [-0.2, 0) is 11.3 Å². The number of benzene rings is 2.